The van der Waals surface area contributed by atoms with Crippen molar-refractivity contribution in [1.82, 2.24) is 4.90 Å². The second-order valence-corrected chi connectivity index (χ2v) is 4.92. The highest BCUT2D eigenvalue weighted by Crippen LogP contribution is 2.49. The van der Waals surface area contributed by atoms with Crippen LogP contribution in [-0.2, 0) is 0 Å². The maximum absolute atomic E-state index is 2.84. The molecule has 0 spiro atoms. The number of fused-ring (bicyclic) bond motifs is 5. The summed E-state index contributed by atoms with van der Waals surface area (Å²) in [6.45, 7) is 3.81. The Bertz CT molecular complexity index is 187. The highest BCUT2D eigenvalue weighted by atomic mass is 15.3. The zero-order valence-corrected chi connectivity index (χ0v) is 8.00. The maximum Gasteiger partial charge on any atom is 0.0130 e. The molecule has 2 aliphatic heterocycles. The van der Waals surface area contributed by atoms with Crippen molar-refractivity contribution < 1.29 is 0 Å². The van der Waals surface area contributed by atoms with Gasteiger partial charge in [0, 0.05) is 18.6 Å². The fourth-order valence-corrected chi connectivity index (χ4v) is 4.03. The Kier molecular flexibility index (Phi) is 1.52. The third kappa shape index (κ3) is 0.783. The molecule has 0 amide bonds. The van der Waals surface area contributed by atoms with Gasteiger partial charge in [-0.05, 0) is 37.5 Å². The van der Waals surface area contributed by atoms with E-state index in [2.05, 4.69) is 11.8 Å². The van der Waals surface area contributed by atoms with Crippen LogP contribution in [0.25, 0.3) is 0 Å². The summed E-state index contributed by atoms with van der Waals surface area (Å²) in [5, 5.41) is 0. The van der Waals surface area contributed by atoms with E-state index in [-0.39, 0.29) is 0 Å². The van der Waals surface area contributed by atoms with Gasteiger partial charge in [-0.25, -0.2) is 0 Å². The lowest BCUT2D eigenvalue weighted by Gasteiger charge is -2.33. The van der Waals surface area contributed by atoms with Crippen molar-refractivity contribution in [2.24, 2.45) is 11.8 Å². The Morgan fingerprint density at radius 2 is 2.25 bits per heavy atom. The quantitative estimate of drug-likeness (QED) is 0.576. The number of hydrogen-bond acceptors (Lipinski definition) is 1. The largest absolute Gasteiger partial charge is 0.297 e. The number of nitrogens with zero attached hydrogens (tertiary/aromatic N) is 1. The zero-order chi connectivity index (χ0) is 8.13. The Balaban J connectivity index is 1.83. The van der Waals surface area contributed by atoms with Crippen LogP contribution < -0.4 is 0 Å². The van der Waals surface area contributed by atoms with Gasteiger partial charge in [-0.15, -0.1) is 0 Å². The van der Waals surface area contributed by atoms with Crippen LogP contribution in [0.2, 0.25) is 0 Å². The molecule has 0 aromatic rings. The molecular weight excluding hydrogens is 146 g/mol. The molecule has 2 bridgehead atoms. The van der Waals surface area contributed by atoms with E-state index in [4.69, 9.17) is 0 Å². The van der Waals surface area contributed by atoms with E-state index in [1.54, 1.807) is 6.42 Å². The fraction of sp³-hybridized carbons (Fsp3) is 1.00. The molecule has 1 saturated carbocycles. The van der Waals surface area contributed by atoms with Gasteiger partial charge >= 0.3 is 0 Å². The van der Waals surface area contributed by atoms with Crippen LogP contribution in [0, 0.1) is 11.8 Å². The van der Waals surface area contributed by atoms with Gasteiger partial charge in [0.1, 0.15) is 0 Å². The van der Waals surface area contributed by atoms with Gasteiger partial charge in [0.05, 0.1) is 0 Å². The average Bonchev–Trinajstić information content (AvgIpc) is 2.75. The summed E-state index contributed by atoms with van der Waals surface area (Å²) in [4.78, 5) is 2.84. The second-order valence-electron chi connectivity index (χ2n) is 4.92. The first-order chi connectivity index (χ1) is 5.90. The molecule has 3 aliphatic rings. The lowest BCUT2D eigenvalue weighted by atomic mass is 9.85. The summed E-state index contributed by atoms with van der Waals surface area (Å²) in [5.74, 6) is 2.22. The van der Waals surface area contributed by atoms with Crippen molar-refractivity contribution in [3.8, 4) is 0 Å². The van der Waals surface area contributed by atoms with E-state index in [1.165, 1.54) is 32.2 Å². The predicted molar refractivity (Wildman–Crippen MR) is 50.0 cm³/mol. The second kappa shape index (κ2) is 2.47. The Hall–Kier alpha value is -0.0400. The molecule has 5 atom stereocenters. The highest BCUT2D eigenvalue weighted by molar-refractivity contribution is 5.04. The van der Waals surface area contributed by atoms with E-state index < -0.39 is 0 Å². The molecule has 2 heterocycles. The van der Waals surface area contributed by atoms with Crippen molar-refractivity contribution in [1.29, 1.82) is 0 Å². The van der Waals surface area contributed by atoms with Gasteiger partial charge in [0.25, 0.3) is 0 Å². The van der Waals surface area contributed by atoms with Crippen molar-refractivity contribution in [2.45, 2.75) is 51.1 Å². The van der Waals surface area contributed by atoms with Gasteiger partial charge in [-0.1, -0.05) is 13.3 Å². The summed E-state index contributed by atoms with van der Waals surface area (Å²) in [6.07, 6.45) is 7.48. The van der Waals surface area contributed by atoms with Crippen LogP contribution >= 0.6 is 0 Å². The first-order valence-corrected chi connectivity index (χ1v) is 5.66. The van der Waals surface area contributed by atoms with Crippen LogP contribution in [0.15, 0.2) is 0 Å². The van der Waals surface area contributed by atoms with E-state index >= 15 is 0 Å². The molecular formula is C11H19N. The van der Waals surface area contributed by atoms with Crippen LogP contribution in [0.5, 0.6) is 0 Å². The molecule has 1 nitrogen and oxygen atoms in total. The lowest BCUT2D eigenvalue weighted by molar-refractivity contribution is 0.153. The summed E-state index contributed by atoms with van der Waals surface area (Å²) in [6, 6.07) is 1.99. The predicted octanol–water partition coefficient (Wildman–Crippen LogP) is 2.27. The Labute approximate surface area is 75.1 Å². The van der Waals surface area contributed by atoms with Crippen LogP contribution in [-0.4, -0.2) is 23.5 Å². The molecule has 2 saturated heterocycles. The van der Waals surface area contributed by atoms with Gasteiger partial charge in [0.15, 0.2) is 0 Å². The van der Waals surface area contributed by atoms with Crippen molar-refractivity contribution >= 4 is 0 Å². The van der Waals surface area contributed by atoms with Crippen LogP contribution in [0.4, 0.5) is 0 Å². The smallest absolute Gasteiger partial charge is 0.0130 e. The van der Waals surface area contributed by atoms with Crippen LogP contribution in [0.1, 0.15) is 39.0 Å². The summed E-state index contributed by atoms with van der Waals surface area (Å²) >= 11 is 0. The minimum Gasteiger partial charge on any atom is -0.297 e. The highest BCUT2D eigenvalue weighted by Gasteiger charge is 2.51. The molecule has 0 aromatic heterocycles. The number of hydrogen-bond donors (Lipinski definition) is 0. The van der Waals surface area contributed by atoms with Crippen molar-refractivity contribution in [2.75, 3.05) is 6.54 Å². The minimum absolute atomic E-state index is 0.967. The zero-order valence-electron chi connectivity index (χ0n) is 8.00. The van der Waals surface area contributed by atoms with E-state index in [0.717, 1.165) is 23.9 Å². The molecule has 12 heavy (non-hydrogen) atoms. The molecule has 3 rings (SSSR count). The third-order valence-corrected chi connectivity index (χ3v) is 4.52. The molecule has 68 valence electrons. The molecule has 0 radical (unpaired) electrons. The molecule has 0 aromatic carbocycles. The standard InChI is InChI=1S/C11H19N/c1-2-9-6-8-7-12(9)11-5-3-4-10(8)11/h8-11H,2-7H2,1H3. The third-order valence-electron chi connectivity index (χ3n) is 4.52. The number of piperidine rings is 1. The summed E-state index contributed by atoms with van der Waals surface area (Å²) in [7, 11) is 0. The van der Waals surface area contributed by atoms with Gasteiger partial charge in [-0.2, -0.15) is 0 Å². The lowest BCUT2D eigenvalue weighted by Crippen LogP contribution is -2.39. The summed E-state index contributed by atoms with van der Waals surface area (Å²) < 4.78 is 0. The normalized spacial score (nSPS) is 56.2. The van der Waals surface area contributed by atoms with Gasteiger partial charge in [-0.3, -0.25) is 4.90 Å². The van der Waals surface area contributed by atoms with E-state index in [1.807, 2.05) is 0 Å². The van der Waals surface area contributed by atoms with Crippen LogP contribution in [0.3, 0.4) is 0 Å². The van der Waals surface area contributed by atoms with Crippen molar-refractivity contribution in [3.63, 3.8) is 0 Å². The Morgan fingerprint density at radius 3 is 3.08 bits per heavy atom. The molecule has 0 N–H and O–H groups in total. The SMILES string of the molecule is CCC1CC2CN1C1CCCC21. The summed E-state index contributed by atoms with van der Waals surface area (Å²) in [5.41, 5.74) is 0. The van der Waals surface area contributed by atoms with Gasteiger partial charge in [0.2, 0.25) is 0 Å². The van der Waals surface area contributed by atoms with E-state index in [0.29, 0.717) is 0 Å². The molecule has 1 aliphatic carbocycles. The van der Waals surface area contributed by atoms with Crippen molar-refractivity contribution in [3.05, 3.63) is 0 Å². The number of rotatable bonds is 1. The molecule has 1 heteroatoms. The molecule has 3 fully saturated rings. The van der Waals surface area contributed by atoms with E-state index in [9.17, 15) is 0 Å². The first kappa shape index (κ1) is 7.37. The topological polar surface area (TPSA) is 3.24 Å². The monoisotopic (exact) mass is 165 g/mol. The van der Waals surface area contributed by atoms with Gasteiger partial charge < -0.3 is 0 Å². The molecule has 5 unspecified atom stereocenters. The average molecular weight is 165 g/mol. The maximum atomic E-state index is 2.84. The minimum atomic E-state index is 0.967. The first-order valence-electron chi connectivity index (χ1n) is 5.66. The fourth-order valence-electron chi connectivity index (χ4n) is 4.03. The Morgan fingerprint density at radius 1 is 1.33 bits per heavy atom.